The first-order valence-electron chi connectivity index (χ1n) is 9.95. The third-order valence-corrected chi connectivity index (χ3v) is 9.45. The van der Waals surface area contributed by atoms with Crippen molar-refractivity contribution in [1.29, 1.82) is 0 Å². The Morgan fingerprint density at radius 1 is 1.18 bits per heavy atom. The average Bonchev–Trinajstić information content (AvgIpc) is 3.13. The molecule has 4 heterocycles. The van der Waals surface area contributed by atoms with Crippen LogP contribution in [-0.4, -0.2) is 33.0 Å². The molecule has 33 heavy (non-hydrogen) atoms. The maximum absolute atomic E-state index is 13.8. The number of thiophene rings is 1. The zero-order valence-corrected chi connectivity index (χ0v) is 20.1. The van der Waals surface area contributed by atoms with Crippen molar-refractivity contribution in [3.05, 3.63) is 46.1 Å². The van der Waals surface area contributed by atoms with Crippen LogP contribution in [0.1, 0.15) is 16.7 Å². The number of benzene rings is 1. The molecule has 1 unspecified atom stereocenters. The lowest BCUT2D eigenvalue weighted by Crippen LogP contribution is -2.23. The number of anilines is 2. The summed E-state index contributed by atoms with van der Waals surface area (Å²) in [5, 5.41) is 6.68. The molecule has 3 N–H and O–H groups in total. The number of hydrogen-bond donors (Lipinski definition) is 3. The average molecular weight is 532 g/mol. The summed E-state index contributed by atoms with van der Waals surface area (Å²) in [7, 11) is -1.47. The van der Waals surface area contributed by atoms with E-state index in [1.165, 1.54) is 11.8 Å². The zero-order valence-electron chi connectivity index (χ0n) is 16.9. The molecule has 6 nitrogen and oxygen atoms in total. The van der Waals surface area contributed by atoms with Crippen molar-refractivity contribution in [2.24, 2.45) is 0 Å². The molecule has 2 aliphatic rings. The highest BCUT2D eigenvalue weighted by molar-refractivity contribution is 8.00. The zero-order chi connectivity index (χ0) is 23.2. The lowest BCUT2D eigenvalue weighted by molar-refractivity contribution is -0.137. The molecule has 174 valence electrons. The minimum atomic E-state index is -4.64. The Balaban J connectivity index is 1.55. The van der Waals surface area contributed by atoms with Gasteiger partial charge in [0.1, 0.15) is 20.8 Å². The van der Waals surface area contributed by atoms with E-state index in [9.17, 15) is 17.4 Å². The van der Waals surface area contributed by atoms with E-state index in [0.29, 0.717) is 38.7 Å². The molecule has 0 saturated carbocycles. The van der Waals surface area contributed by atoms with Gasteiger partial charge in [-0.25, -0.2) is 18.9 Å². The van der Waals surface area contributed by atoms with E-state index in [0.717, 1.165) is 41.6 Å². The van der Waals surface area contributed by atoms with Crippen LogP contribution in [0.2, 0.25) is 5.02 Å². The van der Waals surface area contributed by atoms with Crippen molar-refractivity contribution >= 4 is 57.3 Å². The number of aromatic nitrogens is 2. The van der Waals surface area contributed by atoms with Crippen LogP contribution in [0, 0.1) is 0 Å². The van der Waals surface area contributed by atoms with Gasteiger partial charge in [-0.15, -0.1) is 23.1 Å². The van der Waals surface area contributed by atoms with Crippen LogP contribution < -0.4 is 15.4 Å². The number of rotatable bonds is 3. The van der Waals surface area contributed by atoms with Crippen LogP contribution in [0.3, 0.4) is 0 Å². The quantitative estimate of drug-likeness (QED) is 0.442. The van der Waals surface area contributed by atoms with Gasteiger partial charge < -0.3 is 10.6 Å². The Morgan fingerprint density at radius 3 is 2.85 bits per heavy atom. The number of thioether (sulfide) groups is 1. The summed E-state index contributed by atoms with van der Waals surface area (Å²) in [6.07, 6.45) is -3.05. The number of nitrogens with one attached hydrogen (secondary N) is 3. The first-order valence-corrected chi connectivity index (χ1v) is 13.3. The Morgan fingerprint density at radius 2 is 2.03 bits per heavy atom. The van der Waals surface area contributed by atoms with Crippen LogP contribution in [0.5, 0.6) is 0 Å². The van der Waals surface area contributed by atoms with Gasteiger partial charge >= 0.3 is 6.18 Å². The lowest BCUT2D eigenvalue weighted by atomic mass is 10.0. The van der Waals surface area contributed by atoms with E-state index in [1.54, 1.807) is 6.07 Å². The molecular formula is C20H17ClF3N5OS3. The maximum Gasteiger partial charge on any atom is 0.420 e. The summed E-state index contributed by atoms with van der Waals surface area (Å²) >= 11 is 8.90. The Labute approximate surface area is 203 Å². The Kier molecular flexibility index (Phi) is 6.40. The number of hydrogen-bond acceptors (Lipinski definition) is 7. The third-order valence-electron chi connectivity index (χ3n) is 5.18. The van der Waals surface area contributed by atoms with E-state index >= 15 is 0 Å². The molecule has 0 saturated heterocycles. The second-order valence-corrected chi connectivity index (χ2v) is 11.5. The largest absolute Gasteiger partial charge is 0.420 e. The van der Waals surface area contributed by atoms with Crippen LogP contribution in [-0.2, 0) is 30.1 Å². The van der Waals surface area contributed by atoms with Crippen molar-refractivity contribution < 1.29 is 17.4 Å². The summed E-state index contributed by atoms with van der Waals surface area (Å²) in [4.78, 5) is 9.11. The van der Waals surface area contributed by atoms with Gasteiger partial charge in [0.2, 0.25) is 5.95 Å². The molecular weight excluding hydrogens is 515 g/mol. The van der Waals surface area contributed by atoms with Crippen LogP contribution in [0.4, 0.5) is 24.8 Å². The smallest absolute Gasteiger partial charge is 0.323 e. The molecule has 3 aromatic rings. The minimum absolute atomic E-state index is 0.00396. The molecule has 1 atom stereocenters. The second kappa shape index (κ2) is 9.16. The van der Waals surface area contributed by atoms with E-state index in [1.807, 2.05) is 12.1 Å². The molecule has 5 rings (SSSR count). The fourth-order valence-electron chi connectivity index (χ4n) is 3.62. The molecule has 1 aromatic carbocycles. The van der Waals surface area contributed by atoms with E-state index in [4.69, 9.17) is 11.6 Å². The SMILES string of the molecule is O=S1NCCSc2cc(-c3nc(Nc4cc5c(cc4Cl)CNCC5)ncc3C(F)(F)F)sc21. The van der Waals surface area contributed by atoms with E-state index in [2.05, 4.69) is 25.3 Å². The van der Waals surface area contributed by atoms with Crippen molar-refractivity contribution in [1.82, 2.24) is 20.0 Å². The van der Waals surface area contributed by atoms with Gasteiger partial charge in [0.15, 0.2) is 0 Å². The minimum Gasteiger partial charge on any atom is -0.323 e. The highest BCUT2D eigenvalue weighted by atomic mass is 35.5. The van der Waals surface area contributed by atoms with Gasteiger partial charge in [0.05, 0.1) is 21.3 Å². The fraction of sp³-hybridized carbons (Fsp3) is 0.300. The van der Waals surface area contributed by atoms with Crippen molar-refractivity contribution in [3.8, 4) is 10.6 Å². The van der Waals surface area contributed by atoms with Crippen LogP contribution in [0.25, 0.3) is 10.6 Å². The molecule has 0 spiro atoms. The van der Waals surface area contributed by atoms with E-state index in [-0.39, 0.29) is 16.5 Å². The molecule has 0 amide bonds. The van der Waals surface area contributed by atoms with Gasteiger partial charge in [0.25, 0.3) is 0 Å². The summed E-state index contributed by atoms with van der Waals surface area (Å²) in [5.74, 6) is 0.675. The molecule has 2 aliphatic heterocycles. The fourth-order valence-corrected chi connectivity index (χ4v) is 7.70. The monoisotopic (exact) mass is 531 g/mol. The number of fused-ring (bicyclic) bond motifs is 2. The summed E-state index contributed by atoms with van der Waals surface area (Å²) < 4.78 is 57.1. The molecule has 0 fully saturated rings. The summed E-state index contributed by atoms with van der Waals surface area (Å²) in [6, 6.07) is 5.35. The molecule has 2 aromatic heterocycles. The standard InChI is InChI=1S/C20H17ClF3N5OS3/c21-13-5-11-8-25-2-1-10(11)6-14(13)28-19-26-9-12(20(22,23)24)17(29-19)15-7-16-18(32-15)33(30)27-3-4-31-16/h5-7,9,25,27H,1-4,8H2,(H,26,28,29). The van der Waals surface area contributed by atoms with Gasteiger partial charge in [-0.3, -0.25) is 0 Å². The topological polar surface area (TPSA) is 78.9 Å². The molecule has 0 radical (unpaired) electrons. The van der Waals surface area contributed by atoms with E-state index < -0.39 is 22.7 Å². The number of nitrogens with zero attached hydrogens (tertiary/aromatic N) is 2. The van der Waals surface area contributed by atoms with Gasteiger partial charge in [-0.1, -0.05) is 11.6 Å². The van der Waals surface area contributed by atoms with Crippen molar-refractivity contribution in [3.63, 3.8) is 0 Å². The first kappa shape index (κ1) is 23.1. The molecule has 13 heteroatoms. The number of halogens is 4. The highest BCUT2D eigenvalue weighted by Gasteiger charge is 2.36. The predicted octanol–water partition coefficient (Wildman–Crippen LogP) is 4.98. The summed E-state index contributed by atoms with van der Waals surface area (Å²) in [5.41, 5.74) is 1.53. The lowest BCUT2D eigenvalue weighted by Gasteiger charge is -2.19. The Hall–Kier alpha value is -1.70. The normalized spacial score (nSPS) is 18.4. The highest BCUT2D eigenvalue weighted by Crippen LogP contribution is 2.43. The number of alkyl halides is 3. The van der Waals surface area contributed by atoms with Crippen LogP contribution >= 0.6 is 34.7 Å². The van der Waals surface area contributed by atoms with Gasteiger partial charge in [-0.2, -0.15) is 13.2 Å². The van der Waals surface area contributed by atoms with Crippen LogP contribution in [0.15, 0.2) is 33.5 Å². The first-order chi connectivity index (χ1) is 15.8. The third kappa shape index (κ3) is 4.77. The molecule has 0 aliphatic carbocycles. The van der Waals surface area contributed by atoms with Gasteiger partial charge in [-0.05, 0) is 42.3 Å². The maximum atomic E-state index is 13.8. The van der Waals surface area contributed by atoms with Crippen molar-refractivity contribution in [2.75, 3.05) is 24.2 Å². The van der Waals surface area contributed by atoms with Gasteiger partial charge in [0, 0.05) is 29.9 Å². The van der Waals surface area contributed by atoms with Crippen molar-refractivity contribution in [2.45, 2.75) is 28.2 Å². The Bertz CT molecular complexity index is 1250. The molecule has 0 bridgehead atoms. The summed E-state index contributed by atoms with van der Waals surface area (Å²) in [6.45, 7) is 2.11. The predicted molar refractivity (Wildman–Crippen MR) is 126 cm³/mol. The second-order valence-electron chi connectivity index (χ2n) is 7.38.